The van der Waals surface area contributed by atoms with Gasteiger partial charge < -0.3 is 4.74 Å². The van der Waals surface area contributed by atoms with Gasteiger partial charge in [0.2, 0.25) is 0 Å². The monoisotopic (exact) mass is 399 g/mol. The van der Waals surface area contributed by atoms with Crippen LogP contribution in [0, 0.1) is 6.92 Å². The summed E-state index contributed by atoms with van der Waals surface area (Å²) in [5.41, 5.74) is 6.94. The van der Waals surface area contributed by atoms with Crippen LogP contribution < -0.4 is 10.4 Å². The van der Waals surface area contributed by atoms with E-state index in [0.717, 1.165) is 55.8 Å². The highest BCUT2D eigenvalue weighted by atomic mass is 16.5. The summed E-state index contributed by atoms with van der Waals surface area (Å²) in [6.45, 7) is 4.62. The average Bonchev–Trinajstić information content (AvgIpc) is 3.29. The summed E-state index contributed by atoms with van der Waals surface area (Å²) >= 11 is 0. The highest BCUT2D eigenvalue weighted by Gasteiger charge is 2.21. The van der Waals surface area contributed by atoms with Crippen LogP contribution in [0.4, 0.5) is 0 Å². The molecule has 5 rings (SSSR count). The summed E-state index contributed by atoms with van der Waals surface area (Å²) in [5, 5.41) is 0.887. The van der Waals surface area contributed by atoms with Crippen molar-refractivity contribution in [3.05, 3.63) is 64.5 Å². The van der Waals surface area contributed by atoms with Crippen LogP contribution in [-0.2, 0) is 7.05 Å². The van der Waals surface area contributed by atoms with Gasteiger partial charge in [0.1, 0.15) is 5.75 Å². The standard InChI is InChI=1S/C23H21N5O2/c1-13-11-24-7-6-19(13)28-22-17-9-16(15-5-8-25-14(15)2)21(30-4)10-18(17)26-12-20(22)27(3)23(28)29/h5-7,9-12H,8H2,1-4H3. The number of ether oxygens (including phenoxy) is 1. The number of aryl methyl sites for hydroxylation is 2. The molecule has 0 N–H and O–H groups in total. The number of benzene rings is 1. The Bertz CT molecular complexity index is 1460. The summed E-state index contributed by atoms with van der Waals surface area (Å²) in [4.78, 5) is 26.5. The number of aromatic nitrogens is 4. The maximum Gasteiger partial charge on any atom is 0.333 e. The third-order valence-electron chi connectivity index (χ3n) is 5.74. The highest BCUT2D eigenvalue weighted by molar-refractivity contribution is 6.25. The van der Waals surface area contributed by atoms with E-state index < -0.39 is 0 Å². The number of nitrogens with zero attached hydrogens (tertiary/aromatic N) is 5. The van der Waals surface area contributed by atoms with Gasteiger partial charge in [-0.05, 0) is 31.5 Å². The van der Waals surface area contributed by atoms with Gasteiger partial charge in [0.05, 0.1) is 42.1 Å². The molecule has 0 aliphatic carbocycles. The SMILES string of the molecule is COc1cc2ncc3c(c2cc1C1=CCN=C1C)n(-c1ccncc1C)c(=O)n3C. The van der Waals surface area contributed by atoms with E-state index in [-0.39, 0.29) is 5.69 Å². The number of fused-ring (bicyclic) bond motifs is 3. The van der Waals surface area contributed by atoms with Crippen LogP contribution in [0.5, 0.6) is 5.75 Å². The molecule has 7 heteroatoms. The van der Waals surface area contributed by atoms with Gasteiger partial charge in [0.15, 0.2) is 0 Å². The van der Waals surface area contributed by atoms with E-state index in [1.165, 1.54) is 0 Å². The van der Waals surface area contributed by atoms with E-state index in [0.29, 0.717) is 6.54 Å². The molecule has 0 saturated heterocycles. The van der Waals surface area contributed by atoms with Gasteiger partial charge in [0.25, 0.3) is 0 Å². The molecule has 4 aromatic rings. The lowest BCUT2D eigenvalue weighted by molar-refractivity contribution is 0.414. The molecule has 3 aromatic heterocycles. The number of aliphatic imine (C=N–C) groups is 1. The molecule has 0 bridgehead atoms. The van der Waals surface area contributed by atoms with Crippen LogP contribution in [0.15, 0.2) is 52.7 Å². The fourth-order valence-corrected chi connectivity index (χ4v) is 4.16. The fourth-order valence-electron chi connectivity index (χ4n) is 4.16. The first-order valence-electron chi connectivity index (χ1n) is 9.72. The van der Waals surface area contributed by atoms with Crippen molar-refractivity contribution in [3.8, 4) is 11.4 Å². The first kappa shape index (κ1) is 18.3. The van der Waals surface area contributed by atoms with Gasteiger partial charge in [-0.25, -0.2) is 4.79 Å². The van der Waals surface area contributed by atoms with Crippen molar-refractivity contribution < 1.29 is 4.74 Å². The van der Waals surface area contributed by atoms with Gasteiger partial charge in [-0.15, -0.1) is 0 Å². The molecular formula is C23H21N5O2. The van der Waals surface area contributed by atoms with E-state index in [1.807, 2.05) is 26.0 Å². The topological polar surface area (TPSA) is 74.3 Å². The van der Waals surface area contributed by atoms with Gasteiger partial charge in [-0.1, -0.05) is 6.08 Å². The molecule has 0 amide bonds. The summed E-state index contributed by atoms with van der Waals surface area (Å²) < 4.78 is 9.05. The van der Waals surface area contributed by atoms with E-state index in [4.69, 9.17) is 4.74 Å². The van der Waals surface area contributed by atoms with Crippen molar-refractivity contribution in [1.29, 1.82) is 0 Å². The van der Waals surface area contributed by atoms with Crippen LogP contribution in [0.2, 0.25) is 0 Å². The number of pyridine rings is 2. The fraction of sp³-hybridized carbons (Fsp3) is 0.217. The number of imidazole rings is 1. The minimum Gasteiger partial charge on any atom is -0.496 e. The Kier molecular flexibility index (Phi) is 4.06. The third-order valence-corrected chi connectivity index (χ3v) is 5.74. The lowest BCUT2D eigenvalue weighted by Gasteiger charge is -2.13. The molecule has 7 nitrogen and oxygen atoms in total. The normalized spacial score (nSPS) is 13.7. The van der Waals surface area contributed by atoms with Crippen molar-refractivity contribution in [2.24, 2.45) is 12.0 Å². The average molecular weight is 399 g/mol. The molecule has 0 spiro atoms. The zero-order valence-corrected chi connectivity index (χ0v) is 17.3. The number of rotatable bonds is 3. The second-order valence-electron chi connectivity index (χ2n) is 7.44. The minimum atomic E-state index is -0.121. The Morgan fingerprint density at radius 3 is 2.70 bits per heavy atom. The first-order chi connectivity index (χ1) is 14.5. The van der Waals surface area contributed by atoms with Crippen LogP contribution in [0.25, 0.3) is 33.2 Å². The molecule has 0 fully saturated rings. The molecule has 4 heterocycles. The molecule has 1 aromatic carbocycles. The van der Waals surface area contributed by atoms with Gasteiger partial charge in [-0.2, -0.15) is 0 Å². The smallest absolute Gasteiger partial charge is 0.333 e. The molecular weight excluding hydrogens is 378 g/mol. The molecule has 30 heavy (non-hydrogen) atoms. The number of hydrogen-bond donors (Lipinski definition) is 0. The quantitative estimate of drug-likeness (QED) is 0.529. The second-order valence-corrected chi connectivity index (χ2v) is 7.44. The van der Waals surface area contributed by atoms with Gasteiger partial charge >= 0.3 is 5.69 Å². The van der Waals surface area contributed by atoms with Crippen molar-refractivity contribution in [2.45, 2.75) is 13.8 Å². The van der Waals surface area contributed by atoms with Crippen molar-refractivity contribution >= 4 is 33.2 Å². The number of allylic oxidation sites excluding steroid dienone is 1. The predicted octanol–water partition coefficient (Wildman–Crippen LogP) is 3.45. The first-order valence-corrected chi connectivity index (χ1v) is 9.72. The third kappa shape index (κ3) is 2.51. The zero-order chi connectivity index (χ0) is 21.0. The zero-order valence-electron chi connectivity index (χ0n) is 17.3. The Morgan fingerprint density at radius 2 is 2.00 bits per heavy atom. The molecule has 0 saturated carbocycles. The molecule has 0 radical (unpaired) electrons. The van der Waals surface area contributed by atoms with E-state index in [2.05, 4.69) is 27.1 Å². The number of hydrogen-bond acceptors (Lipinski definition) is 5. The second kappa shape index (κ2) is 6.66. The largest absolute Gasteiger partial charge is 0.496 e. The van der Waals surface area contributed by atoms with Crippen molar-refractivity contribution in [3.63, 3.8) is 0 Å². The number of methoxy groups -OCH3 is 1. The summed E-state index contributed by atoms with van der Waals surface area (Å²) in [7, 11) is 3.43. The summed E-state index contributed by atoms with van der Waals surface area (Å²) in [6.07, 6.45) is 7.31. The summed E-state index contributed by atoms with van der Waals surface area (Å²) in [5.74, 6) is 0.738. The van der Waals surface area contributed by atoms with Crippen molar-refractivity contribution in [2.75, 3.05) is 13.7 Å². The van der Waals surface area contributed by atoms with E-state index in [1.54, 1.807) is 41.9 Å². The van der Waals surface area contributed by atoms with E-state index >= 15 is 0 Å². The van der Waals surface area contributed by atoms with Crippen LogP contribution in [0.1, 0.15) is 18.1 Å². The maximum absolute atomic E-state index is 13.2. The van der Waals surface area contributed by atoms with Crippen LogP contribution in [0.3, 0.4) is 0 Å². The van der Waals surface area contributed by atoms with Crippen molar-refractivity contribution in [1.82, 2.24) is 19.1 Å². The Morgan fingerprint density at radius 1 is 1.17 bits per heavy atom. The Balaban J connectivity index is 1.94. The van der Waals surface area contributed by atoms with Gasteiger partial charge in [0, 0.05) is 47.7 Å². The van der Waals surface area contributed by atoms with Crippen LogP contribution in [-0.4, -0.2) is 38.5 Å². The Hall–Kier alpha value is -3.74. The molecule has 150 valence electrons. The lowest BCUT2D eigenvalue weighted by atomic mass is 9.99. The van der Waals surface area contributed by atoms with Crippen LogP contribution >= 0.6 is 0 Å². The molecule has 1 aliphatic heterocycles. The molecule has 0 unspecified atom stereocenters. The van der Waals surface area contributed by atoms with Gasteiger partial charge in [-0.3, -0.25) is 24.1 Å². The molecule has 0 atom stereocenters. The Labute approximate surface area is 173 Å². The lowest BCUT2D eigenvalue weighted by Crippen LogP contribution is -2.21. The highest BCUT2D eigenvalue weighted by Crippen LogP contribution is 2.35. The van der Waals surface area contributed by atoms with E-state index in [9.17, 15) is 4.79 Å². The maximum atomic E-state index is 13.2. The molecule has 1 aliphatic rings. The predicted molar refractivity (Wildman–Crippen MR) is 119 cm³/mol. The summed E-state index contributed by atoms with van der Waals surface area (Å²) in [6, 6.07) is 5.85. The minimum absolute atomic E-state index is 0.121.